The highest BCUT2D eigenvalue weighted by Crippen LogP contribution is 2.30. The van der Waals surface area contributed by atoms with Crippen LogP contribution in [-0.4, -0.2) is 33.9 Å². The molecule has 0 spiro atoms. The van der Waals surface area contributed by atoms with E-state index in [2.05, 4.69) is 20.6 Å². The molecule has 3 aromatic carbocycles. The van der Waals surface area contributed by atoms with Gasteiger partial charge in [0.15, 0.2) is 0 Å². The van der Waals surface area contributed by atoms with Crippen molar-refractivity contribution < 1.29 is 9.18 Å². The van der Waals surface area contributed by atoms with Gasteiger partial charge in [-0.1, -0.05) is 29.8 Å². The molecule has 1 atom stereocenters. The fraction of sp³-hybridized carbons (Fsp3) is 0.233. The lowest BCUT2D eigenvalue weighted by atomic mass is 9.86. The molecule has 0 saturated carbocycles. The number of likely N-dealkylation sites (tertiary alicyclic amines) is 1. The zero-order valence-electron chi connectivity index (χ0n) is 21.3. The Balaban J connectivity index is 1.15. The first-order chi connectivity index (χ1) is 18.4. The summed E-state index contributed by atoms with van der Waals surface area (Å²) in [6.45, 7) is 3.34. The number of rotatable bonds is 7. The number of carbonyl (C=O) groups excluding carboxylic acids is 1. The molecule has 2 heterocycles. The van der Waals surface area contributed by atoms with Gasteiger partial charge in [0.1, 0.15) is 11.6 Å². The van der Waals surface area contributed by atoms with Crippen molar-refractivity contribution in [1.29, 1.82) is 0 Å². The van der Waals surface area contributed by atoms with Crippen LogP contribution in [0.1, 0.15) is 40.4 Å². The number of nitrogens with zero attached hydrogens (tertiary/aromatic N) is 3. The van der Waals surface area contributed by atoms with Crippen LogP contribution in [0, 0.1) is 18.7 Å². The molecule has 7 nitrogen and oxygen atoms in total. The summed E-state index contributed by atoms with van der Waals surface area (Å²) in [4.78, 5) is 23.8. The second-order valence-corrected chi connectivity index (χ2v) is 9.67. The Morgan fingerprint density at radius 3 is 2.24 bits per heavy atom. The highest BCUT2D eigenvalue weighted by atomic mass is 19.1. The molecular formula is C30H31FN6O. The van der Waals surface area contributed by atoms with E-state index in [1.54, 1.807) is 18.3 Å². The van der Waals surface area contributed by atoms with Crippen LogP contribution in [0.2, 0.25) is 0 Å². The predicted molar refractivity (Wildman–Crippen MR) is 148 cm³/mol. The summed E-state index contributed by atoms with van der Waals surface area (Å²) in [5.41, 5.74) is 10.9. The topological polar surface area (TPSA) is 96.2 Å². The largest absolute Gasteiger partial charge is 0.340 e. The molecule has 1 aromatic heterocycles. The Labute approximate surface area is 221 Å². The summed E-state index contributed by atoms with van der Waals surface area (Å²) in [6.07, 6.45) is 3.32. The van der Waals surface area contributed by atoms with Crippen molar-refractivity contribution in [1.82, 2.24) is 14.9 Å². The van der Waals surface area contributed by atoms with Gasteiger partial charge in [0.2, 0.25) is 5.95 Å². The molecule has 0 radical (unpaired) electrons. The van der Waals surface area contributed by atoms with Crippen molar-refractivity contribution in [2.75, 3.05) is 23.7 Å². The maximum absolute atomic E-state index is 13.2. The number of halogens is 1. The third-order valence-corrected chi connectivity index (χ3v) is 6.96. The Bertz CT molecular complexity index is 1370. The van der Waals surface area contributed by atoms with Gasteiger partial charge in [0.25, 0.3) is 5.91 Å². The summed E-state index contributed by atoms with van der Waals surface area (Å²) < 4.78 is 13.2. The number of amides is 1. The fourth-order valence-electron chi connectivity index (χ4n) is 4.70. The molecule has 5 rings (SSSR count). The Morgan fingerprint density at radius 1 is 0.921 bits per heavy atom. The molecule has 4 N–H and O–H groups in total. The summed E-state index contributed by atoms with van der Waals surface area (Å²) in [5.74, 6) is 1.14. The lowest BCUT2D eigenvalue weighted by Crippen LogP contribution is -2.41. The van der Waals surface area contributed by atoms with E-state index >= 15 is 0 Å². The summed E-state index contributed by atoms with van der Waals surface area (Å²) in [7, 11) is 0. The minimum absolute atomic E-state index is 0.00546. The van der Waals surface area contributed by atoms with Crippen LogP contribution in [0.25, 0.3) is 0 Å². The smallest absolute Gasteiger partial charge is 0.253 e. The number of carbonyl (C=O) groups is 1. The summed E-state index contributed by atoms with van der Waals surface area (Å²) >= 11 is 0. The zero-order valence-corrected chi connectivity index (χ0v) is 21.3. The summed E-state index contributed by atoms with van der Waals surface area (Å²) in [6, 6.07) is 23.4. The van der Waals surface area contributed by atoms with E-state index in [9.17, 15) is 9.18 Å². The van der Waals surface area contributed by atoms with Crippen molar-refractivity contribution >= 4 is 29.0 Å². The molecule has 8 heteroatoms. The maximum atomic E-state index is 13.2. The van der Waals surface area contributed by atoms with E-state index in [1.807, 2.05) is 66.4 Å². The lowest BCUT2D eigenvalue weighted by Gasteiger charge is -2.35. The molecule has 1 amide bonds. The first-order valence-electron chi connectivity index (χ1n) is 12.8. The van der Waals surface area contributed by atoms with Gasteiger partial charge >= 0.3 is 0 Å². The van der Waals surface area contributed by atoms with Crippen molar-refractivity contribution in [2.45, 2.75) is 25.8 Å². The van der Waals surface area contributed by atoms with Crippen LogP contribution in [0.3, 0.4) is 0 Å². The van der Waals surface area contributed by atoms with Gasteiger partial charge in [-0.3, -0.25) is 4.79 Å². The van der Waals surface area contributed by atoms with Crippen LogP contribution in [0.5, 0.6) is 0 Å². The third kappa shape index (κ3) is 6.15. The normalized spacial score (nSPS) is 14.7. The van der Waals surface area contributed by atoms with E-state index in [-0.39, 0.29) is 23.7 Å². The molecule has 1 saturated heterocycles. The van der Waals surface area contributed by atoms with Gasteiger partial charge in [0, 0.05) is 42.3 Å². The molecule has 1 fully saturated rings. The highest BCUT2D eigenvalue weighted by Gasteiger charge is 2.28. The number of piperidine rings is 1. The first kappa shape index (κ1) is 25.4. The van der Waals surface area contributed by atoms with Crippen LogP contribution in [0.4, 0.5) is 27.5 Å². The van der Waals surface area contributed by atoms with Gasteiger partial charge < -0.3 is 21.3 Å². The van der Waals surface area contributed by atoms with Gasteiger partial charge in [0.05, 0.1) is 0 Å². The monoisotopic (exact) mass is 510 g/mol. The number of hydrogen-bond donors (Lipinski definition) is 3. The number of aryl methyl sites for hydroxylation is 1. The van der Waals surface area contributed by atoms with Crippen LogP contribution in [-0.2, 0) is 0 Å². The number of nitrogens with one attached hydrogen (secondary N) is 2. The Hall–Kier alpha value is -4.30. The average Bonchev–Trinajstić information content (AvgIpc) is 2.95. The lowest BCUT2D eigenvalue weighted by molar-refractivity contribution is 0.0678. The predicted octanol–water partition coefficient (Wildman–Crippen LogP) is 5.96. The van der Waals surface area contributed by atoms with Crippen molar-refractivity contribution in [2.24, 2.45) is 11.7 Å². The molecule has 1 aliphatic rings. The standard InChI is InChI=1S/C30H31FN6O/c1-20-2-10-25(11-3-20)34-27-14-17-33-30(36-27)35-26-12-6-23(7-13-26)29(38)37-18-15-22(16-19-37)28(32)21-4-8-24(31)9-5-21/h2-14,17,22,28H,15-16,18-19,32H2,1H3,(H2,33,34,35,36)/t28-/m0/s1. The molecule has 0 aliphatic carbocycles. The number of aromatic nitrogens is 2. The zero-order chi connectivity index (χ0) is 26.5. The number of benzene rings is 3. The minimum atomic E-state index is -0.265. The van der Waals surface area contributed by atoms with E-state index in [1.165, 1.54) is 17.7 Å². The number of anilines is 4. The van der Waals surface area contributed by atoms with Crippen LogP contribution >= 0.6 is 0 Å². The maximum Gasteiger partial charge on any atom is 0.253 e. The Morgan fingerprint density at radius 2 is 1.55 bits per heavy atom. The number of hydrogen-bond acceptors (Lipinski definition) is 6. The van der Waals surface area contributed by atoms with Gasteiger partial charge in [-0.15, -0.1) is 0 Å². The minimum Gasteiger partial charge on any atom is -0.340 e. The molecule has 194 valence electrons. The van der Waals surface area contributed by atoms with Crippen molar-refractivity contribution in [3.8, 4) is 0 Å². The van der Waals surface area contributed by atoms with Crippen molar-refractivity contribution in [3.63, 3.8) is 0 Å². The molecule has 1 aliphatic heterocycles. The molecule has 0 bridgehead atoms. The SMILES string of the molecule is Cc1ccc(Nc2ccnc(Nc3ccc(C(=O)N4CCC([C@@H](N)c5ccc(F)cc5)CC4)cc3)n2)cc1. The average molecular weight is 511 g/mol. The second-order valence-electron chi connectivity index (χ2n) is 9.67. The van der Waals surface area contributed by atoms with Crippen molar-refractivity contribution in [3.05, 3.63) is 108 Å². The van der Waals surface area contributed by atoms with E-state index in [0.717, 1.165) is 29.8 Å². The fourth-order valence-corrected chi connectivity index (χ4v) is 4.70. The van der Waals surface area contributed by atoms with E-state index in [0.29, 0.717) is 30.4 Å². The van der Waals surface area contributed by atoms with Crippen LogP contribution < -0.4 is 16.4 Å². The van der Waals surface area contributed by atoms with E-state index < -0.39 is 0 Å². The van der Waals surface area contributed by atoms with Gasteiger partial charge in [-0.25, -0.2) is 9.37 Å². The molecule has 4 aromatic rings. The Kier molecular flexibility index (Phi) is 7.60. The highest BCUT2D eigenvalue weighted by molar-refractivity contribution is 5.94. The van der Waals surface area contributed by atoms with E-state index in [4.69, 9.17) is 5.73 Å². The number of nitrogens with two attached hydrogens (primary N) is 1. The quantitative estimate of drug-likeness (QED) is 0.284. The third-order valence-electron chi connectivity index (χ3n) is 6.96. The molecular weight excluding hydrogens is 479 g/mol. The van der Waals surface area contributed by atoms with Gasteiger partial charge in [-0.2, -0.15) is 4.98 Å². The molecule has 38 heavy (non-hydrogen) atoms. The second kappa shape index (κ2) is 11.4. The first-order valence-corrected chi connectivity index (χ1v) is 12.8. The molecule has 0 unspecified atom stereocenters. The van der Waals surface area contributed by atoms with Crippen LogP contribution in [0.15, 0.2) is 85.1 Å². The summed E-state index contributed by atoms with van der Waals surface area (Å²) in [5, 5.41) is 6.47. The van der Waals surface area contributed by atoms with Gasteiger partial charge in [-0.05, 0) is 85.8 Å².